The zero-order chi connectivity index (χ0) is 21.4. The van der Waals surface area contributed by atoms with Crippen LogP contribution in [0.3, 0.4) is 0 Å². The van der Waals surface area contributed by atoms with Crippen LogP contribution in [0.5, 0.6) is 5.75 Å². The molecule has 7 heteroatoms. The molecule has 0 fully saturated rings. The van der Waals surface area contributed by atoms with E-state index < -0.39 is 0 Å². The summed E-state index contributed by atoms with van der Waals surface area (Å²) in [6.07, 6.45) is 0. The van der Waals surface area contributed by atoms with Crippen molar-refractivity contribution in [3.8, 4) is 5.75 Å². The molecule has 2 N–H and O–H groups in total. The number of nitrogens with zero attached hydrogens (tertiary/aromatic N) is 1. The lowest BCUT2D eigenvalue weighted by Gasteiger charge is -2.12. The summed E-state index contributed by atoms with van der Waals surface area (Å²) < 4.78 is 33.9. The summed E-state index contributed by atoms with van der Waals surface area (Å²) in [6.45, 7) is 1.25. The molecule has 3 aromatic carbocycles. The first-order valence-electron chi connectivity index (χ1n) is 9.51. The van der Waals surface area contributed by atoms with Crippen molar-refractivity contribution in [2.45, 2.75) is 0 Å². The molecule has 0 spiro atoms. The molecule has 0 unspecified atom stereocenters. The standard InChI is InChI=1S/C22H19F2N3O.CH3Br/c1-27(2)7-8-28-22-20-16(14-9-12(23)3-5-18(14)25-20)11-17-15-10-13(24)4-6-19(15)26-21(17)22;1-2/h3-6,9-11,25-26H,7-8H2,1-2H3;1H3. The maximum absolute atomic E-state index is 13.9. The van der Waals surface area contributed by atoms with Crippen LogP contribution in [0.1, 0.15) is 0 Å². The van der Waals surface area contributed by atoms with Crippen molar-refractivity contribution in [1.29, 1.82) is 0 Å². The van der Waals surface area contributed by atoms with Crippen molar-refractivity contribution in [3.05, 3.63) is 54.1 Å². The summed E-state index contributed by atoms with van der Waals surface area (Å²) in [7, 11) is 3.97. The third-order valence-electron chi connectivity index (χ3n) is 5.13. The number of fused-ring (bicyclic) bond motifs is 6. The number of aromatic amines is 2. The fourth-order valence-corrected chi connectivity index (χ4v) is 3.77. The zero-order valence-corrected chi connectivity index (χ0v) is 18.5. The van der Waals surface area contributed by atoms with E-state index in [1.807, 2.05) is 30.9 Å². The number of likely N-dealkylation sites (N-methyl/N-ethyl adjacent to an activating group) is 1. The number of ether oxygens (including phenoxy) is 1. The van der Waals surface area contributed by atoms with Crippen molar-refractivity contribution >= 4 is 59.5 Å². The first-order valence-corrected chi connectivity index (χ1v) is 11.1. The number of benzene rings is 3. The molecule has 5 aromatic rings. The summed E-state index contributed by atoms with van der Waals surface area (Å²) in [6, 6.07) is 11.3. The van der Waals surface area contributed by atoms with E-state index in [1.54, 1.807) is 12.1 Å². The predicted molar refractivity (Wildman–Crippen MR) is 124 cm³/mol. The Kier molecular flexibility index (Phi) is 5.66. The first kappa shape index (κ1) is 20.6. The second-order valence-corrected chi connectivity index (χ2v) is 7.33. The van der Waals surface area contributed by atoms with E-state index in [0.717, 1.165) is 50.2 Å². The Hall–Kier alpha value is -2.64. The van der Waals surface area contributed by atoms with Gasteiger partial charge in [-0.15, -0.1) is 0 Å². The highest BCUT2D eigenvalue weighted by Crippen LogP contribution is 2.41. The lowest BCUT2D eigenvalue weighted by molar-refractivity contribution is 0.265. The number of hydrogen-bond donors (Lipinski definition) is 2. The van der Waals surface area contributed by atoms with Gasteiger partial charge >= 0.3 is 0 Å². The smallest absolute Gasteiger partial charge is 0.167 e. The lowest BCUT2D eigenvalue weighted by atomic mass is 10.1. The Morgan fingerprint density at radius 2 is 1.30 bits per heavy atom. The van der Waals surface area contributed by atoms with E-state index in [-0.39, 0.29) is 11.6 Å². The van der Waals surface area contributed by atoms with Crippen molar-refractivity contribution in [3.63, 3.8) is 0 Å². The molecule has 0 atom stereocenters. The molecule has 4 nitrogen and oxygen atoms in total. The van der Waals surface area contributed by atoms with Gasteiger partial charge in [-0.25, -0.2) is 8.78 Å². The lowest BCUT2D eigenvalue weighted by Crippen LogP contribution is -2.19. The molecule has 0 aliphatic heterocycles. The van der Waals surface area contributed by atoms with Gasteiger partial charge in [0.05, 0.1) is 11.0 Å². The average molecular weight is 474 g/mol. The van der Waals surface area contributed by atoms with Gasteiger partial charge in [-0.1, -0.05) is 15.9 Å². The van der Waals surface area contributed by atoms with Gasteiger partial charge in [-0.2, -0.15) is 0 Å². The quantitative estimate of drug-likeness (QED) is 0.306. The molecule has 0 bridgehead atoms. The fraction of sp³-hybridized carbons (Fsp3) is 0.217. The Morgan fingerprint density at radius 1 is 0.800 bits per heavy atom. The van der Waals surface area contributed by atoms with Crippen LogP contribution in [0.15, 0.2) is 42.5 Å². The zero-order valence-electron chi connectivity index (χ0n) is 16.9. The number of nitrogens with one attached hydrogen (secondary N) is 2. The van der Waals surface area contributed by atoms with Crippen molar-refractivity contribution in [1.82, 2.24) is 14.9 Å². The summed E-state index contributed by atoms with van der Waals surface area (Å²) in [5.41, 5.74) is 3.27. The molecule has 0 saturated heterocycles. The molecule has 0 saturated carbocycles. The Balaban J connectivity index is 0.00000106. The molecule has 30 heavy (non-hydrogen) atoms. The number of alkyl halides is 1. The number of aromatic nitrogens is 2. The van der Waals surface area contributed by atoms with E-state index in [1.165, 1.54) is 24.3 Å². The number of H-pyrrole nitrogens is 2. The number of hydrogen-bond acceptors (Lipinski definition) is 2. The summed E-state index contributed by atoms with van der Waals surface area (Å²) in [5, 5.41) is 3.26. The molecule has 156 valence electrons. The van der Waals surface area contributed by atoms with Gasteiger partial charge < -0.3 is 19.6 Å². The Morgan fingerprint density at radius 3 is 1.77 bits per heavy atom. The molecule has 5 rings (SSSR count). The van der Waals surface area contributed by atoms with Gasteiger partial charge in [0.15, 0.2) is 5.75 Å². The normalized spacial score (nSPS) is 11.6. The van der Waals surface area contributed by atoms with Crippen molar-refractivity contribution in [2.75, 3.05) is 33.1 Å². The second-order valence-electron chi connectivity index (χ2n) is 7.33. The number of rotatable bonds is 4. The molecule has 0 amide bonds. The monoisotopic (exact) mass is 473 g/mol. The highest BCUT2D eigenvalue weighted by atomic mass is 79.9. The van der Waals surface area contributed by atoms with E-state index in [2.05, 4.69) is 25.9 Å². The SMILES string of the molecule is CBr.CN(C)CCOc1c2[nH]c3ccc(F)cc3c2cc2c1[nH]c1ccc(F)cc12. The average Bonchev–Trinajstić information content (AvgIpc) is 3.27. The van der Waals surface area contributed by atoms with Gasteiger partial charge in [-0.3, -0.25) is 0 Å². The van der Waals surface area contributed by atoms with Crippen LogP contribution in [-0.2, 0) is 0 Å². The highest BCUT2D eigenvalue weighted by molar-refractivity contribution is 9.08. The molecule has 2 heterocycles. The first-order chi connectivity index (χ1) is 14.5. The molecule has 0 aliphatic carbocycles. The van der Waals surface area contributed by atoms with Crippen LogP contribution >= 0.6 is 15.9 Å². The van der Waals surface area contributed by atoms with Crippen LogP contribution in [0, 0.1) is 11.6 Å². The van der Waals surface area contributed by atoms with Crippen LogP contribution < -0.4 is 4.74 Å². The minimum Gasteiger partial charge on any atom is -0.488 e. The van der Waals surface area contributed by atoms with Gasteiger partial charge in [0.25, 0.3) is 0 Å². The topological polar surface area (TPSA) is 44.0 Å². The summed E-state index contributed by atoms with van der Waals surface area (Å²) >= 11 is 2.94. The van der Waals surface area contributed by atoms with Crippen LogP contribution in [0.4, 0.5) is 8.78 Å². The van der Waals surface area contributed by atoms with Gasteiger partial charge in [-0.05, 0) is 62.4 Å². The minimum atomic E-state index is -0.298. The maximum Gasteiger partial charge on any atom is 0.167 e. The van der Waals surface area contributed by atoms with Crippen LogP contribution in [-0.4, -0.2) is 47.9 Å². The summed E-state index contributed by atoms with van der Waals surface area (Å²) in [5.74, 6) is 1.89. The second kappa shape index (κ2) is 8.24. The highest BCUT2D eigenvalue weighted by Gasteiger charge is 2.18. The molecule has 2 aromatic heterocycles. The predicted octanol–water partition coefficient (Wildman–Crippen LogP) is 6.19. The van der Waals surface area contributed by atoms with E-state index in [0.29, 0.717) is 12.4 Å². The van der Waals surface area contributed by atoms with E-state index in [9.17, 15) is 8.78 Å². The molecular formula is C23H22BrF2N3O. The number of halogens is 3. The van der Waals surface area contributed by atoms with E-state index >= 15 is 0 Å². The van der Waals surface area contributed by atoms with E-state index in [4.69, 9.17) is 4.74 Å². The van der Waals surface area contributed by atoms with Crippen LogP contribution in [0.2, 0.25) is 0 Å². The van der Waals surface area contributed by atoms with Gasteiger partial charge in [0.1, 0.15) is 18.2 Å². The Bertz CT molecular complexity index is 1260. The maximum atomic E-state index is 13.9. The largest absolute Gasteiger partial charge is 0.488 e. The van der Waals surface area contributed by atoms with Gasteiger partial charge in [0, 0.05) is 39.1 Å². The summed E-state index contributed by atoms with van der Waals surface area (Å²) in [4.78, 5) is 8.76. The molecular weight excluding hydrogens is 452 g/mol. The van der Waals surface area contributed by atoms with Crippen molar-refractivity contribution in [2.24, 2.45) is 0 Å². The van der Waals surface area contributed by atoms with Gasteiger partial charge in [0.2, 0.25) is 0 Å². The van der Waals surface area contributed by atoms with Crippen molar-refractivity contribution < 1.29 is 13.5 Å². The third-order valence-corrected chi connectivity index (χ3v) is 5.13. The fourth-order valence-electron chi connectivity index (χ4n) is 3.77. The Labute approximate surface area is 180 Å². The van der Waals surface area contributed by atoms with Crippen LogP contribution in [0.25, 0.3) is 43.6 Å². The molecule has 0 aliphatic rings. The minimum absolute atomic E-state index is 0.298. The molecule has 0 radical (unpaired) electrons. The third kappa shape index (κ3) is 3.52.